The molecule has 3 unspecified atom stereocenters. The van der Waals surface area contributed by atoms with Crippen molar-refractivity contribution in [3.63, 3.8) is 0 Å². The molecule has 2 nitrogen and oxygen atoms in total. The van der Waals surface area contributed by atoms with Gasteiger partial charge in [-0.25, -0.2) is 0 Å². The van der Waals surface area contributed by atoms with Gasteiger partial charge in [0.05, 0.1) is 5.92 Å². The average Bonchev–Trinajstić information content (AvgIpc) is 2.43. The summed E-state index contributed by atoms with van der Waals surface area (Å²) in [6, 6.07) is 10.5. The molecule has 1 amide bonds. The van der Waals surface area contributed by atoms with E-state index < -0.39 is 0 Å². The van der Waals surface area contributed by atoms with Crippen molar-refractivity contribution in [3.05, 3.63) is 35.9 Å². The van der Waals surface area contributed by atoms with Crippen LogP contribution >= 0.6 is 0 Å². The van der Waals surface area contributed by atoms with Gasteiger partial charge in [-0.2, -0.15) is 0 Å². The Morgan fingerprint density at radius 3 is 2.58 bits per heavy atom. The van der Waals surface area contributed by atoms with Crippen LogP contribution in [0.2, 0.25) is 0 Å². The molecule has 0 saturated heterocycles. The minimum absolute atomic E-state index is 0.00433. The van der Waals surface area contributed by atoms with Gasteiger partial charge in [-0.15, -0.1) is 0 Å². The summed E-state index contributed by atoms with van der Waals surface area (Å²) in [6.07, 6.45) is 5.79. The summed E-state index contributed by atoms with van der Waals surface area (Å²) in [5, 5.41) is 3.28. The Morgan fingerprint density at radius 1 is 1.26 bits per heavy atom. The highest BCUT2D eigenvalue weighted by Crippen LogP contribution is 2.25. The first kappa shape index (κ1) is 14.1. The number of benzene rings is 1. The number of amides is 1. The molecule has 0 radical (unpaired) electrons. The predicted octanol–water partition coefficient (Wildman–Crippen LogP) is 3.88. The van der Waals surface area contributed by atoms with Crippen LogP contribution in [-0.4, -0.2) is 11.9 Å². The Balaban J connectivity index is 2.01. The standard InChI is InChI=1S/C17H25NO/c1-3-15(14-10-5-4-6-11-14)17(19)18-16-12-8-7-9-13(16)2/h4-6,10-11,13,15-16H,3,7-9,12H2,1-2H3,(H,18,19). The summed E-state index contributed by atoms with van der Waals surface area (Å²) in [4.78, 5) is 12.5. The molecule has 1 aliphatic rings. The van der Waals surface area contributed by atoms with Crippen LogP contribution in [0.25, 0.3) is 0 Å². The van der Waals surface area contributed by atoms with E-state index in [2.05, 4.69) is 31.3 Å². The lowest BCUT2D eigenvalue weighted by Gasteiger charge is -2.31. The Bertz CT molecular complexity index is 401. The Morgan fingerprint density at radius 2 is 1.95 bits per heavy atom. The zero-order chi connectivity index (χ0) is 13.7. The van der Waals surface area contributed by atoms with Gasteiger partial charge in [0.15, 0.2) is 0 Å². The van der Waals surface area contributed by atoms with E-state index in [1.165, 1.54) is 19.3 Å². The second-order valence-electron chi connectivity index (χ2n) is 5.75. The van der Waals surface area contributed by atoms with E-state index in [-0.39, 0.29) is 11.8 Å². The third-order valence-electron chi connectivity index (χ3n) is 4.37. The molecule has 0 bridgehead atoms. The van der Waals surface area contributed by atoms with Crippen molar-refractivity contribution in [2.24, 2.45) is 5.92 Å². The predicted molar refractivity (Wildman–Crippen MR) is 79.0 cm³/mol. The molecule has 2 heteroatoms. The van der Waals surface area contributed by atoms with Crippen molar-refractivity contribution in [1.29, 1.82) is 0 Å². The van der Waals surface area contributed by atoms with Crippen molar-refractivity contribution in [1.82, 2.24) is 5.32 Å². The molecule has 104 valence electrons. The highest BCUT2D eigenvalue weighted by atomic mass is 16.1. The van der Waals surface area contributed by atoms with Crippen molar-refractivity contribution < 1.29 is 4.79 Å². The minimum atomic E-state index is -0.00433. The highest BCUT2D eigenvalue weighted by Gasteiger charge is 2.26. The molecule has 0 heterocycles. The maximum atomic E-state index is 12.5. The molecule has 0 spiro atoms. The summed E-state index contributed by atoms with van der Waals surface area (Å²) in [7, 11) is 0. The van der Waals surface area contributed by atoms with Crippen LogP contribution < -0.4 is 5.32 Å². The van der Waals surface area contributed by atoms with Gasteiger partial charge in [0, 0.05) is 6.04 Å². The third-order valence-corrected chi connectivity index (χ3v) is 4.37. The lowest BCUT2D eigenvalue weighted by molar-refractivity contribution is -0.123. The Hall–Kier alpha value is -1.31. The first-order valence-corrected chi connectivity index (χ1v) is 7.57. The van der Waals surface area contributed by atoms with Crippen molar-refractivity contribution in [2.45, 2.75) is 57.9 Å². The maximum Gasteiger partial charge on any atom is 0.227 e. The highest BCUT2D eigenvalue weighted by molar-refractivity contribution is 5.83. The van der Waals surface area contributed by atoms with Crippen molar-refractivity contribution in [2.75, 3.05) is 0 Å². The van der Waals surface area contributed by atoms with Gasteiger partial charge in [-0.3, -0.25) is 4.79 Å². The van der Waals surface area contributed by atoms with Crippen LogP contribution in [-0.2, 0) is 4.79 Å². The van der Waals surface area contributed by atoms with E-state index >= 15 is 0 Å². The van der Waals surface area contributed by atoms with Gasteiger partial charge in [0.1, 0.15) is 0 Å². The molecule has 19 heavy (non-hydrogen) atoms. The normalized spacial score (nSPS) is 24.7. The topological polar surface area (TPSA) is 29.1 Å². The summed E-state index contributed by atoms with van der Waals surface area (Å²) >= 11 is 0. The number of hydrogen-bond donors (Lipinski definition) is 1. The number of carbonyl (C=O) groups is 1. The lowest BCUT2D eigenvalue weighted by atomic mass is 9.85. The van der Waals surface area contributed by atoms with Gasteiger partial charge < -0.3 is 5.32 Å². The fraction of sp³-hybridized carbons (Fsp3) is 0.588. The molecule has 1 aromatic rings. The lowest BCUT2D eigenvalue weighted by Crippen LogP contribution is -2.43. The zero-order valence-electron chi connectivity index (χ0n) is 12.1. The van der Waals surface area contributed by atoms with Crippen molar-refractivity contribution >= 4 is 5.91 Å². The Kier molecular flexibility index (Phi) is 5.00. The fourth-order valence-corrected chi connectivity index (χ4v) is 3.07. The smallest absolute Gasteiger partial charge is 0.227 e. The molecule has 1 N–H and O–H groups in total. The Labute approximate surface area is 116 Å². The number of nitrogens with one attached hydrogen (secondary N) is 1. The minimum Gasteiger partial charge on any atom is -0.353 e. The molecule has 0 aromatic heterocycles. The maximum absolute atomic E-state index is 12.5. The van der Waals surface area contributed by atoms with E-state index in [4.69, 9.17) is 0 Å². The second kappa shape index (κ2) is 6.74. The van der Waals surface area contributed by atoms with Crippen LogP contribution in [0, 0.1) is 5.92 Å². The van der Waals surface area contributed by atoms with Crippen LogP contribution in [0.5, 0.6) is 0 Å². The van der Waals surface area contributed by atoms with E-state index in [9.17, 15) is 4.79 Å². The first-order valence-electron chi connectivity index (χ1n) is 7.57. The van der Waals surface area contributed by atoms with Crippen LogP contribution in [0.3, 0.4) is 0 Å². The number of hydrogen-bond acceptors (Lipinski definition) is 1. The summed E-state index contributed by atoms with van der Waals surface area (Å²) in [5.41, 5.74) is 1.13. The fourth-order valence-electron chi connectivity index (χ4n) is 3.07. The molecular weight excluding hydrogens is 234 g/mol. The SMILES string of the molecule is CCC(C(=O)NC1CCCCC1C)c1ccccc1. The molecule has 3 atom stereocenters. The largest absolute Gasteiger partial charge is 0.353 e. The van der Waals surface area contributed by atoms with Crippen LogP contribution in [0.15, 0.2) is 30.3 Å². The van der Waals surface area contributed by atoms with Gasteiger partial charge in [0.25, 0.3) is 0 Å². The molecule has 1 aliphatic carbocycles. The second-order valence-corrected chi connectivity index (χ2v) is 5.75. The van der Waals surface area contributed by atoms with E-state index in [1.54, 1.807) is 0 Å². The van der Waals surface area contributed by atoms with Crippen molar-refractivity contribution in [3.8, 4) is 0 Å². The van der Waals surface area contributed by atoms with Crippen LogP contribution in [0.4, 0.5) is 0 Å². The average molecular weight is 259 g/mol. The quantitative estimate of drug-likeness (QED) is 0.873. The molecule has 0 aliphatic heterocycles. The van der Waals surface area contributed by atoms with Crippen LogP contribution in [0.1, 0.15) is 57.4 Å². The van der Waals surface area contributed by atoms with Gasteiger partial charge in [-0.05, 0) is 30.7 Å². The molecule has 1 saturated carbocycles. The number of rotatable bonds is 4. The zero-order valence-corrected chi connectivity index (χ0v) is 12.1. The summed E-state index contributed by atoms with van der Waals surface area (Å²) < 4.78 is 0. The number of carbonyl (C=O) groups excluding carboxylic acids is 1. The summed E-state index contributed by atoms with van der Waals surface area (Å²) in [6.45, 7) is 4.34. The first-order chi connectivity index (χ1) is 9.22. The summed E-state index contributed by atoms with van der Waals surface area (Å²) in [5.74, 6) is 0.814. The van der Waals surface area contributed by atoms with E-state index in [0.717, 1.165) is 18.4 Å². The van der Waals surface area contributed by atoms with Gasteiger partial charge >= 0.3 is 0 Å². The molecule has 1 aromatic carbocycles. The molecular formula is C17H25NO. The van der Waals surface area contributed by atoms with E-state index in [1.807, 2.05) is 18.2 Å². The monoisotopic (exact) mass is 259 g/mol. The third kappa shape index (κ3) is 3.59. The molecule has 1 fully saturated rings. The van der Waals surface area contributed by atoms with Gasteiger partial charge in [0.2, 0.25) is 5.91 Å². The molecule has 2 rings (SSSR count). The van der Waals surface area contributed by atoms with E-state index in [0.29, 0.717) is 12.0 Å². The van der Waals surface area contributed by atoms with Gasteiger partial charge in [-0.1, -0.05) is 57.0 Å².